The SMILES string of the molecule is CC(C)=CCc1cc(C(=O)Cc2cc3ccc(OCCCN(C)[C@H](C)c4ccccc4)c(C)c3oc2=O)ccc1O. The van der Waals surface area contributed by atoms with Gasteiger partial charge in [0.05, 0.1) is 6.61 Å². The van der Waals surface area contributed by atoms with Crippen molar-refractivity contribution in [2.75, 3.05) is 20.2 Å². The Morgan fingerprint density at radius 3 is 2.54 bits per heavy atom. The molecule has 0 bridgehead atoms. The molecule has 41 heavy (non-hydrogen) atoms. The summed E-state index contributed by atoms with van der Waals surface area (Å²) in [5.41, 5.74) is 4.50. The standard InChI is InChI=1S/C35H39NO5/c1-23(2)12-13-27-20-28(14-16-31(27)37)32(38)22-30-21-29-15-17-33(24(3)34(29)41-35(30)39)40-19-9-18-36(5)25(4)26-10-7-6-8-11-26/h6-8,10-12,14-17,20-21,25,37H,9,13,18-19,22H2,1-5H3/t25-/m1/s1. The summed E-state index contributed by atoms with van der Waals surface area (Å²) >= 11 is 0. The third-order valence-electron chi connectivity index (χ3n) is 7.51. The largest absolute Gasteiger partial charge is 0.508 e. The number of fused-ring (bicyclic) bond motifs is 1. The first-order chi connectivity index (χ1) is 19.6. The zero-order valence-electron chi connectivity index (χ0n) is 24.6. The van der Waals surface area contributed by atoms with Crippen LogP contribution in [0, 0.1) is 6.92 Å². The highest BCUT2D eigenvalue weighted by atomic mass is 16.5. The molecule has 0 unspecified atom stereocenters. The number of allylic oxidation sites excluding steroid dienone is 2. The molecule has 0 spiro atoms. The summed E-state index contributed by atoms with van der Waals surface area (Å²) in [6.07, 6.45) is 3.29. The molecule has 4 rings (SSSR count). The van der Waals surface area contributed by atoms with Crippen LogP contribution in [0.25, 0.3) is 11.0 Å². The predicted octanol–water partition coefficient (Wildman–Crippen LogP) is 7.20. The number of carbonyl (C=O) groups excluding carboxylic acids is 1. The lowest BCUT2D eigenvalue weighted by molar-refractivity contribution is 0.0992. The smallest absolute Gasteiger partial charge is 0.339 e. The van der Waals surface area contributed by atoms with Crippen molar-refractivity contribution in [1.82, 2.24) is 4.90 Å². The quantitative estimate of drug-likeness (QED) is 0.0865. The highest BCUT2D eigenvalue weighted by Gasteiger charge is 2.16. The molecule has 0 aliphatic rings. The maximum atomic E-state index is 13.0. The topological polar surface area (TPSA) is 80.0 Å². The summed E-state index contributed by atoms with van der Waals surface area (Å²) in [6.45, 7) is 9.45. The second-order valence-corrected chi connectivity index (χ2v) is 10.9. The molecular formula is C35H39NO5. The molecule has 214 valence electrons. The summed E-state index contributed by atoms with van der Waals surface area (Å²) in [4.78, 5) is 28.2. The Kier molecular flexibility index (Phi) is 9.79. The summed E-state index contributed by atoms with van der Waals surface area (Å²) in [5.74, 6) is 0.612. The molecule has 0 aliphatic carbocycles. The van der Waals surface area contributed by atoms with Crippen LogP contribution in [-0.4, -0.2) is 36.0 Å². The van der Waals surface area contributed by atoms with Crippen LogP contribution in [0.4, 0.5) is 0 Å². The van der Waals surface area contributed by atoms with Crippen molar-refractivity contribution < 1.29 is 19.1 Å². The van der Waals surface area contributed by atoms with Crippen LogP contribution < -0.4 is 10.4 Å². The van der Waals surface area contributed by atoms with E-state index in [1.165, 1.54) is 11.6 Å². The molecule has 0 fully saturated rings. The Bertz CT molecular complexity index is 1600. The number of aromatic hydroxyl groups is 1. The van der Waals surface area contributed by atoms with Gasteiger partial charge in [0.2, 0.25) is 0 Å². The second-order valence-electron chi connectivity index (χ2n) is 10.9. The van der Waals surface area contributed by atoms with Gasteiger partial charge in [-0.3, -0.25) is 9.69 Å². The average Bonchev–Trinajstić information content (AvgIpc) is 2.96. The van der Waals surface area contributed by atoms with E-state index in [-0.39, 0.29) is 18.0 Å². The predicted molar refractivity (Wildman–Crippen MR) is 164 cm³/mol. The Hall–Kier alpha value is -4.16. The molecule has 1 heterocycles. The van der Waals surface area contributed by atoms with Crippen LogP contribution in [0.1, 0.15) is 65.8 Å². The van der Waals surface area contributed by atoms with Crippen molar-refractivity contribution in [3.05, 3.63) is 117 Å². The van der Waals surface area contributed by atoms with Gasteiger partial charge in [-0.15, -0.1) is 0 Å². The Balaban J connectivity index is 1.41. The van der Waals surface area contributed by atoms with E-state index >= 15 is 0 Å². The van der Waals surface area contributed by atoms with Crippen molar-refractivity contribution in [3.63, 3.8) is 0 Å². The van der Waals surface area contributed by atoms with E-state index in [0.717, 1.165) is 29.5 Å². The molecule has 0 radical (unpaired) electrons. The molecule has 0 saturated carbocycles. The van der Waals surface area contributed by atoms with E-state index in [2.05, 4.69) is 43.1 Å². The van der Waals surface area contributed by atoms with Gasteiger partial charge in [-0.2, -0.15) is 0 Å². The normalized spacial score (nSPS) is 12.0. The molecule has 1 N–H and O–H groups in total. The number of carbonyl (C=O) groups is 1. The van der Waals surface area contributed by atoms with E-state index in [0.29, 0.717) is 47.1 Å². The van der Waals surface area contributed by atoms with Gasteiger partial charge < -0.3 is 14.3 Å². The molecule has 3 aromatic carbocycles. The summed E-state index contributed by atoms with van der Waals surface area (Å²) in [7, 11) is 2.11. The number of phenolic OH excluding ortho intramolecular Hbond substituents is 1. The van der Waals surface area contributed by atoms with Gasteiger partial charge in [0, 0.05) is 41.1 Å². The molecule has 6 nitrogen and oxygen atoms in total. The Labute approximate surface area is 241 Å². The number of Topliss-reactive ketones (excluding diaryl/α,β-unsaturated/α-hetero) is 1. The number of benzene rings is 3. The Morgan fingerprint density at radius 1 is 1.05 bits per heavy atom. The van der Waals surface area contributed by atoms with Crippen molar-refractivity contribution in [3.8, 4) is 11.5 Å². The van der Waals surface area contributed by atoms with Crippen molar-refractivity contribution in [2.45, 2.75) is 53.0 Å². The molecule has 1 aromatic heterocycles. The van der Waals surface area contributed by atoms with Crippen LogP contribution in [0.15, 0.2) is 87.6 Å². The highest BCUT2D eigenvalue weighted by Crippen LogP contribution is 2.28. The van der Waals surface area contributed by atoms with Crippen LogP contribution in [-0.2, 0) is 12.8 Å². The van der Waals surface area contributed by atoms with Gasteiger partial charge in [-0.25, -0.2) is 4.79 Å². The average molecular weight is 554 g/mol. The summed E-state index contributed by atoms with van der Waals surface area (Å²) < 4.78 is 11.8. The molecule has 4 aromatic rings. The maximum Gasteiger partial charge on any atom is 0.339 e. The van der Waals surface area contributed by atoms with Crippen molar-refractivity contribution in [1.29, 1.82) is 0 Å². The van der Waals surface area contributed by atoms with Gasteiger partial charge in [0.25, 0.3) is 0 Å². The fourth-order valence-electron chi connectivity index (χ4n) is 4.82. The number of ether oxygens (including phenoxy) is 1. The number of hydrogen-bond acceptors (Lipinski definition) is 6. The van der Waals surface area contributed by atoms with Gasteiger partial charge in [-0.05, 0) is 95.1 Å². The van der Waals surface area contributed by atoms with Crippen molar-refractivity contribution >= 4 is 16.8 Å². The summed E-state index contributed by atoms with van der Waals surface area (Å²) in [5, 5.41) is 10.9. The molecule has 0 amide bonds. The number of nitrogens with zero attached hydrogens (tertiary/aromatic N) is 1. The number of phenols is 1. The van der Waals surface area contributed by atoms with E-state index < -0.39 is 5.63 Å². The highest BCUT2D eigenvalue weighted by molar-refractivity contribution is 5.98. The van der Waals surface area contributed by atoms with E-state index in [9.17, 15) is 14.7 Å². The van der Waals surface area contributed by atoms with E-state index in [1.807, 2.05) is 45.0 Å². The second kappa shape index (κ2) is 13.5. The van der Waals surface area contributed by atoms with E-state index in [4.69, 9.17) is 9.15 Å². The van der Waals surface area contributed by atoms with E-state index in [1.54, 1.807) is 18.2 Å². The minimum atomic E-state index is -0.536. The minimum absolute atomic E-state index is 0.0860. The van der Waals surface area contributed by atoms with Gasteiger partial charge in [-0.1, -0.05) is 42.0 Å². The molecule has 6 heteroatoms. The van der Waals surface area contributed by atoms with Crippen molar-refractivity contribution in [2.24, 2.45) is 0 Å². The summed E-state index contributed by atoms with van der Waals surface area (Å²) in [6, 6.07) is 21.0. The monoisotopic (exact) mass is 553 g/mol. The number of rotatable bonds is 12. The Morgan fingerprint density at radius 2 is 1.80 bits per heavy atom. The first kappa shape index (κ1) is 29.8. The maximum absolute atomic E-state index is 13.0. The van der Waals surface area contributed by atoms with Crippen LogP contribution in [0.5, 0.6) is 11.5 Å². The van der Waals surface area contributed by atoms with Crippen LogP contribution >= 0.6 is 0 Å². The molecule has 0 saturated heterocycles. The zero-order valence-corrected chi connectivity index (χ0v) is 24.6. The first-order valence-corrected chi connectivity index (χ1v) is 14.1. The lowest BCUT2D eigenvalue weighted by Crippen LogP contribution is -2.24. The number of aryl methyl sites for hydroxylation is 1. The lowest BCUT2D eigenvalue weighted by atomic mass is 9.99. The third kappa shape index (κ3) is 7.53. The molecule has 1 atom stereocenters. The minimum Gasteiger partial charge on any atom is -0.508 e. The lowest BCUT2D eigenvalue weighted by Gasteiger charge is -2.25. The number of hydrogen-bond donors (Lipinski definition) is 1. The van der Waals surface area contributed by atoms with Crippen LogP contribution in [0.2, 0.25) is 0 Å². The third-order valence-corrected chi connectivity index (χ3v) is 7.51. The fraction of sp³-hybridized carbons (Fsp3) is 0.314. The zero-order chi connectivity index (χ0) is 29.5. The van der Waals surface area contributed by atoms with Gasteiger partial charge >= 0.3 is 5.63 Å². The van der Waals surface area contributed by atoms with Gasteiger partial charge in [0.1, 0.15) is 17.1 Å². The molecule has 0 aliphatic heterocycles. The number of ketones is 1. The fourth-order valence-corrected chi connectivity index (χ4v) is 4.82. The van der Waals surface area contributed by atoms with Crippen LogP contribution in [0.3, 0.4) is 0 Å². The van der Waals surface area contributed by atoms with Gasteiger partial charge in [0.15, 0.2) is 5.78 Å². The molecular weight excluding hydrogens is 514 g/mol. The first-order valence-electron chi connectivity index (χ1n) is 14.1.